The van der Waals surface area contributed by atoms with Crippen LogP contribution in [0.4, 0.5) is 0 Å². The molecule has 0 bridgehead atoms. The van der Waals surface area contributed by atoms with Gasteiger partial charge in [0.2, 0.25) is 0 Å². The van der Waals surface area contributed by atoms with Crippen LogP contribution in [0.25, 0.3) is 0 Å². The van der Waals surface area contributed by atoms with E-state index in [1.165, 1.54) is 0 Å². The van der Waals surface area contributed by atoms with Gasteiger partial charge in [-0.3, -0.25) is 0 Å². The number of rotatable bonds is 0. The first kappa shape index (κ1) is 4.18. The van der Waals surface area contributed by atoms with E-state index in [4.69, 9.17) is 0 Å². The van der Waals surface area contributed by atoms with Crippen molar-refractivity contribution in [1.29, 1.82) is 0 Å². The molecule has 3 heteroatoms. The van der Waals surface area contributed by atoms with Crippen LogP contribution in [0.2, 0.25) is 0 Å². The first-order chi connectivity index (χ1) is 3.29. The van der Waals surface area contributed by atoms with Crippen molar-refractivity contribution in [3.8, 4) is 0 Å². The highest BCUT2D eigenvalue weighted by molar-refractivity contribution is 4.87. The van der Waals surface area contributed by atoms with Crippen molar-refractivity contribution in [3.05, 3.63) is 29.6 Å². The fourth-order valence-electron chi connectivity index (χ4n) is 0.269. The third kappa shape index (κ3) is 0.707. The quantitative estimate of drug-likeness (QED) is 0.473. The maximum Gasteiger partial charge on any atom is 0.518 e. The molecule has 0 atom stereocenters. The summed E-state index contributed by atoms with van der Waals surface area (Å²) in [7, 11) is 0. The van der Waals surface area contributed by atoms with E-state index in [2.05, 4.69) is 15.8 Å². The van der Waals surface area contributed by atoms with Gasteiger partial charge in [-0.25, -0.2) is 4.79 Å². The molecule has 0 saturated heterocycles. The highest BCUT2D eigenvalue weighted by Crippen LogP contribution is 1.87. The van der Waals surface area contributed by atoms with Crippen LogP contribution in [0.3, 0.4) is 0 Å². The highest BCUT2D eigenvalue weighted by atomic mass is 16.6. The molecule has 0 spiro atoms. The zero-order valence-corrected chi connectivity index (χ0v) is 3.51. The third-order valence-corrected chi connectivity index (χ3v) is 0.501. The molecular weight excluding hydrogens is 96.0 g/mol. The molecule has 0 aliphatic carbocycles. The van der Waals surface area contributed by atoms with Gasteiger partial charge in [0.1, 0.15) is 12.0 Å². The first-order valence-corrected chi connectivity index (χ1v) is 1.69. The minimum atomic E-state index is -0.704. The molecule has 1 aromatic heterocycles. The van der Waals surface area contributed by atoms with E-state index in [9.17, 15) is 4.79 Å². The topological polar surface area (TPSA) is 43.4 Å². The summed E-state index contributed by atoms with van der Waals surface area (Å²) in [5, 5.41) is 0. The summed E-state index contributed by atoms with van der Waals surface area (Å²) in [5.74, 6) is -0.449. The lowest BCUT2D eigenvalue weighted by Crippen LogP contribution is -1.84. The molecule has 0 aliphatic rings. The van der Waals surface area contributed by atoms with E-state index in [0.29, 0.717) is 0 Å². The summed E-state index contributed by atoms with van der Waals surface area (Å²) < 4.78 is 8.43. The van der Waals surface area contributed by atoms with E-state index in [1.807, 2.05) is 0 Å². The van der Waals surface area contributed by atoms with Gasteiger partial charge in [0.15, 0.2) is 0 Å². The minimum absolute atomic E-state index is 0.255. The van der Waals surface area contributed by atoms with Crippen LogP contribution in [-0.2, 0) is 0 Å². The maximum absolute atomic E-state index is 9.92. The average Bonchev–Trinajstić information content (AvgIpc) is 1.87. The van der Waals surface area contributed by atoms with Gasteiger partial charge < -0.3 is 8.83 Å². The molecule has 1 radical (unpaired) electrons. The van der Waals surface area contributed by atoms with Gasteiger partial charge in [-0.05, 0) is 0 Å². The van der Waals surface area contributed by atoms with Crippen molar-refractivity contribution in [2.45, 2.75) is 0 Å². The van der Waals surface area contributed by atoms with Crippen molar-refractivity contribution in [1.82, 2.24) is 0 Å². The second kappa shape index (κ2) is 1.26. The zero-order valence-electron chi connectivity index (χ0n) is 3.51. The van der Waals surface area contributed by atoms with Crippen LogP contribution >= 0.6 is 0 Å². The number of hydrogen-bond donors (Lipinski definition) is 0. The molecule has 3 nitrogen and oxygen atoms in total. The Hall–Kier alpha value is -0.990. The molecule has 1 aromatic rings. The number of hydrogen-bond acceptors (Lipinski definition) is 3. The summed E-state index contributed by atoms with van der Waals surface area (Å²) in [4.78, 5) is 9.92. The molecule has 1 rings (SSSR count). The Labute approximate surface area is 39.6 Å². The second-order valence-electron chi connectivity index (χ2n) is 1.05. The monoisotopic (exact) mass is 99.0 g/mol. The molecule has 0 N–H and O–H groups in total. The lowest BCUT2D eigenvalue weighted by atomic mass is 10.6. The van der Waals surface area contributed by atoms with Crippen molar-refractivity contribution in [3.63, 3.8) is 0 Å². The molecule has 0 aromatic carbocycles. The average molecular weight is 99.1 g/mol. The maximum atomic E-state index is 9.92. The fourth-order valence-corrected chi connectivity index (χ4v) is 0.269. The zero-order chi connectivity index (χ0) is 5.28. The summed E-state index contributed by atoms with van der Waals surface area (Å²) in [5.41, 5.74) is 0. The van der Waals surface area contributed by atoms with Gasteiger partial charge in [-0.1, -0.05) is 0 Å². The van der Waals surface area contributed by atoms with Crippen LogP contribution in [-0.4, -0.2) is 0 Å². The summed E-state index contributed by atoms with van der Waals surface area (Å²) >= 11 is 0. The molecule has 7 heavy (non-hydrogen) atoms. The van der Waals surface area contributed by atoms with E-state index >= 15 is 0 Å². The molecule has 0 aliphatic heterocycles. The van der Waals surface area contributed by atoms with Crippen LogP contribution in [0.15, 0.2) is 19.9 Å². The van der Waals surface area contributed by atoms with E-state index in [1.54, 1.807) is 0 Å². The van der Waals surface area contributed by atoms with Crippen molar-refractivity contribution < 1.29 is 8.83 Å². The van der Waals surface area contributed by atoms with Crippen molar-refractivity contribution >= 4 is 0 Å². The summed E-state index contributed by atoms with van der Waals surface area (Å²) in [6.07, 6.45) is 1.16. The Morgan fingerprint density at radius 1 is 1.71 bits per heavy atom. The van der Waals surface area contributed by atoms with E-state index in [-0.39, 0.29) is 5.76 Å². The minimum Gasteiger partial charge on any atom is -0.399 e. The van der Waals surface area contributed by atoms with E-state index < -0.39 is 5.82 Å². The van der Waals surface area contributed by atoms with Crippen LogP contribution in [0.5, 0.6) is 0 Å². The lowest BCUT2D eigenvalue weighted by Gasteiger charge is -1.62. The predicted octanol–water partition coefficient (Wildman–Crippen LogP) is 0.415. The van der Waals surface area contributed by atoms with Crippen LogP contribution in [0, 0.1) is 6.92 Å². The predicted molar refractivity (Wildman–Crippen MR) is 21.7 cm³/mol. The fraction of sp³-hybridized carbons (Fsp3) is 0. The van der Waals surface area contributed by atoms with Gasteiger partial charge in [-0.2, -0.15) is 0 Å². The summed E-state index contributed by atoms with van der Waals surface area (Å²) in [6, 6.07) is 0. The van der Waals surface area contributed by atoms with Gasteiger partial charge in [0.25, 0.3) is 0 Å². The van der Waals surface area contributed by atoms with Crippen LogP contribution in [0.1, 0.15) is 5.76 Å². The first-order valence-electron chi connectivity index (χ1n) is 1.69. The highest BCUT2D eigenvalue weighted by Gasteiger charge is 1.88. The molecule has 37 valence electrons. The second-order valence-corrected chi connectivity index (χ2v) is 1.05. The lowest BCUT2D eigenvalue weighted by molar-refractivity contribution is 0.382. The Morgan fingerprint density at radius 3 is 2.57 bits per heavy atom. The van der Waals surface area contributed by atoms with Crippen LogP contribution < -0.4 is 5.82 Å². The Bertz CT molecular complexity index is 195. The normalized spacial score (nSPS) is 9.29. The molecule has 0 saturated carbocycles. The molecule has 1 heterocycles. The Balaban J connectivity index is 3.30. The largest absolute Gasteiger partial charge is 0.518 e. The molecule has 0 amide bonds. The standard InChI is InChI=1S/C4H3O3/c1-3-2-6-4(5)7-3/h2H,1H2. The Morgan fingerprint density at radius 2 is 2.43 bits per heavy atom. The van der Waals surface area contributed by atoms with Crippen molar-refractivity contribution in [2.75, 3.05) is 0 Å². The van der Waals surface area contributed by atoms with Gasteiger partial charge in [-0.15, -0.1) is 0 Å². The van der Waals surface area contributed by atoms with Gasteiger partial charge in [0, 0.05) is 6.92 Å². The molecule has 0 unspecified atom stereocenters. The summed E-state index contributed by atoms with van der Waals surface area (Å²) in [6.45, 7) is 3.28. The smallest absolute Gasteiger partial charge is 0.399 e. The van der Waals surface area contributed by atoms with Gasteiger partial charge in [0.05, 0.1) is 0 Å². The molecular formula is C4H3O3. The van der Waals surface area contributed by atoms with E-state index in [0.717, 1.165) is 6.26 Å². The van der Waals surface area contributed by atoms with Crippen molar-refractivity contribution in [2.24, 2.45) is 0 Å². The van der Waals surface area contributed by atoms with Gasteiger partial charge >= 0.3 is 5.82 Å². The SMILES string of the molecule is [CH2]c1coc(=O)o1. The molecule has 0 fully saturated rings. The third-order valence-electron chi connectivity index (χ3n) is 0.501. The Kier molecular flexibility index (Phi) is 0.749.